The number of nitro benzene ring substituents is 1. The Morgan fingerprint density at radius 1 is 1.31 bits per heavy atom. The first-order valence-electron chi connectivity index (χ1n) is 8.85. The van der Waals surface area contributed by atoms with Gasteiger partial charge < -0.3 is 10.1 Å². The molecule has 1 amide bonds. The molecule has 29 heavy (non-hydrogen) atoms. The quantitative estimate of drug-likeness (QED) is 0.407. The number of hydrogen-bond donors (Lipinski definition) is 1. The van der Waals surface area contributed by atoms with Gasteiger partial charge in [-0.3, -0.25) is 19.6 Å². The van der Waals surface area contributed by atoms with Gasteiger partial charge in [-0.1, -0.05) is 18.2 Å². The van der Waals surface area contributed by atoms with Crippen LogP contribution in [-0.2, 0) is 13.2 Å². The first-order valence-corrected chi connectivity index (χ1v) is 9.64. The Balaban J connectivity index is 1.59. The van der Waals surface area contributed by atoms with Crippen LogP contribution in [0.25, 0.3) is 0 Å². The normalized spacial score (nSPS) is 10.6. The Morgan fingerprint density at radius 2 is 2.14 bits per heavy atom. The number of nitrogens with zero attached hydrogens (tertiary/aromatic N) is 3. The van der Waals surface area contributed by atoms with Gasteiger partial charge in [0.2, 0.25) is 0 Å². The van der Waals surface area contributed by atoms with Crippen LogP contribution in [0.4, 0.5) is 5.69 Å². The van der Waals surface area contributed by atoms with Crippen molar-refractivity contribution in [1.29, 1.82) is 0 Å². The van der Waals surface area contributed by atoms with Crippen LogP contribution in [0.5, 0.6) is 5.75 Å². The molecule has 1 aromatic heterocycles. The second-order valence-corrected chi connectivity index (χ2v) is 7.31. The molecule has 0 aliphatic heterocycles. The number of hydrogen-bond acceptors (Lipinski definition) is 5. The summed E-state index contributed by atoms with van der Waals surface area (Å²) < 4.78 is 8.23. The summed E-state index contributed by atoms with van der Waals surface area (Å²) in [6, 6.07) is 11.8. The zero-order chi connectivity index (χ0) is 20.8. The molecule has 0 unspecified atom stereocenters. The molecule has 1 heterocycles. The number of aromatic nitrogens is 2. The van der Waals surface area contributed by atoms with Crippen molar-refractivity contribution in [2.24, 2.45) is 0 Å². The molecule has 0 atom stereocenters. The molecule has 0 spiro atoms. The van der Waals surface area contributed by atoms with E-state index < -0.39 is 4.92 Å². The van der Waals surface area contributed by atoms with Gasteiger partial charge in [0.05, 0.1) is 22.1 Å². The van der Waals surface area contributed by atoms with Gasteiger partial charge in [-0.15, -0.1) is 0 Å². The zero-order valence-corrected chi connectivity index (χ0v) is 17.3. The fraction of sp³-hybridized carbons (Fsp3) is 0.200. The van der Waals surface area contributed by atoms with Crippen molar-refractivity contribution in [3.63, 3.8) is 0 Å². The lowest BCUT2D eigenvalue weighted by molar-refractivity contribution is -0.386. The van der Waals surface area contributed by atoms with Crippen molar-refractivity contribution in [2.45, 2.75) is 20.1 Å². The number of halogens is 1. The van der Waals surface area contributed by atoms with Crippen molar-refractivity contribution >= 4 is 27.5 Å². The van der Waals surface area contributed by atoms with E-state index >= 15 is 0 Å². The smallest absolute Gasteiger partial charge is 0.311 e. The van der Waals surface area contributed by atoms with Crippen molar-refractivity contribution in [3.05, 3.63) is 86.1 Å². The van der Waals surface area contributed by atoms with E-state index in [2.05, 4.69) is 26.3 Å². The third-order valence-electron chi connectivity index (χ3n) is 4.12. The fourth-order valence-corrected chi connectivity index (χ4v) is 3.03. The lowest BCUT2D eigenvalue weighted by atomic mass is 10.1. The van der Waals surface area contributed by atoms with E-state index in [0.29, 0.717) is 18.7 Å². The Kier molecular flexibility index (Phi) is 6.61. The Labute approximate surface area is 175 Å². The maximum atomic E-state index is 12.4. The van der Waals surface area contributed by atoms with Gasteiger partial charge in [0.15, 0.2) is 5.75 Å². The molecule has 1 N–H and O–H groups in total. The predicted molar refractivity (Wildman–Crippen MR) is 111 cm³/mol. The molecule has 0 fully saturated rings. The summed E-state index contributed by atoms with van der Waals surface area (Å²) in [5.74, 6) is -0.0137. The van der Waals surface area contributed by atoms with Crippen molar-refractivity contribution in [1.82, 2.24) is 15.1 Å². The molecule has 0 aliphatic carbocycles. The molecule has 8 nitrogen and oxygen atoms in total. The molecule has 0 bridgehead atoms. The van der Waals surface area contributed by atoms with Gasteiger partial charge in [0.1, 0.15) is 6.61 Å². The third-order valence-corrected chi connectivity index (χ3v) is 4.53. The number of aryl methyl sites for hydroxylation is 1. The van der Waals surface area contributed by atoms with Crippen LogP contribution in [0, 0.1) is 17.0 Å². The number of amides is 1. The fourth-order valence-electron chi connectivity index (χ4n) is 2.70. The van der Waals surface area contributed by atoms with Crippen LogP contribution >= 0.6 is 15.9 Å². The molecule has 3 rings (SSSR count). The van der Waals surface area contributed by atoms with Gasteiger partial charge in [-0.2, -0.15) is 5.10 Å². The van der Waals surface area contributed by atoms with Gasteiger partial charge in [0.25, 0.3) is 5.91 Å². The van der Waals surface area contributed by atoms with Crippen molar-refractivity contribution in [2.75, 3.05) is 6.54 Å². The van der Waals surface area contributed by atoms with Crippen molar-refractivity contribution in [3.8, 4) is 5.75 Å². The first-order chi connectivity index (χ1) is 13.9. The second kappa shape index (κ2) is 9.33. The Bertz CT molecular complexity index is 1030. The molecule has 3 aromatic rings. The summed E-state index contributed by atoms with van der Waals surface area (Å²) in [6.07, 6.45) is 3.51. The van der Waals surface area contributed by atoms with Crippen LogP contribution in [0.2, 0.25) is 0 Å². The minimum Gasteiger partial charge on any atom is -0.482 e. The van der Waals surface area contributed by atoms with Crippen LogP contribution < -0.4 is 10.1 Å². The SMILES string of the molecule is Cc1ccc(OCc2cccc(C(=O)NCCn3cc(Br)cn3)c2)c([N+](=O)[O-])c1. The van der Waals surface area contributed by atoms with E-state index in [4.69, 9.17) is 4.74 Å². The minimum atomic E-state index is -0.468. The molecular formula is C20H19BrN4O4. The van der Waals surface area contributed by atoms with E-state index in [0.717, 1.165) is 15.6 Å². The van der Waals surface area contributed by atoms with E-state index in [1.54, 1.807) is 54.2 Å². The molecule has 2 aromatic carbocycles. The van der Waals surface area contributed by atoms with E-state index in [-0.39, 0.29) is 24.0 Å². The van der Waals surface area contributed by atoms with E-state index in [1.165, 1.54) is 6.07 Å². The van der Waals surface area contributed by atoms with E-state index in [1.807, 2.05) is 6.20 Å². The summed E-state index contributed by atoms with van der Waals surface area (Å²) in [7, 11) is 0. The van der Waals surface area contributed by atoms with Gasteiger partial charge >= 0.3 is 5.69 Å². The Morgan fingerprint density at radius 3 is 2.86 bits per heavy atom. The highest BCUT2D eigenvalue weighted by Gasteiger charge is 2.15. The molecule has 9 heteroatoms. The number of carbonyl (C=O) groups is 1. The van der Waals surface area contributed by atoms with Crippen LogP contribution in [0.1, 0.15) is 21.5 Å². The second-order valence-electron chi connectivity index (χ2n) is 6.39. The number of ether oxygens (including phenoxy) is 1. The summed E-state index contributed by atoms with van der Waals surface area (Å²) in [4.78, 5) is 23.1. The number of nitrogens with one attached hydrogen (secondary N) is 1. The third kappa shape index (κ3) is 5.64. The van der Waals surface area contributed by atoms with Gasteiger partial charge in [-0.25, -0.2) is 0 Å². The molecule has 150 valence electrons. The molecular weight excluding hydrogens is 440 g/mol. The lowest BCUT2D eigenvalue weighted by Crippen LogP contribution is -2.27. The maximum Gasteiger partial charge on any atom is 0.311 e. The first kappa shape index (κ1) is 20.5. The monoisotopic (exact) mass is 458 g/mol. The molecule has 0 radical (unpaired) electrons. The topological polar surface area (TPSA) is 99.3 Å². The van der Waals surface area contributed by atoms with Crippen LogP contribution in [0.15, 0.2) is 59.3 Å². The highest BCUT2D eigenvalue weighted by Crippen LogP contribution is 2.28. The average molecular weight is 459 g/mol. The van der Waals surface area contributed by atoms with Crippen LogP contribution in [0.3, 0.4) is 0 Å². The number of benzene rings is 2. The molecule has 0 aliphatic rings. The van der Waals surface area contributed by atoms with Gasteiger partial charge in [-0.05, 0) is 52.2 Å². The highest BCUT2D eigenvalue weighted by atomic mass is 79.9. The zero-order valence-electron chi connectivity index (χ0n) is 15.7. The van der Waals surface area contributed by atoms with Crippen molar-refractivity contribution < 1.29 is 14.5 Å². The largest absolute Gasteiger partial charge is 0.482 e. The standard InChI is InChI=1S/C20H19BrN4O4/c1-14-5-6-19(18(9-14)25(27)28)29-13-15-3-2-4-16(10-15)20(26)22-7-8-24-12-17(21)11-23-24/h2-6,9-12H,7-8,13H2,1H3,(H,22,26). The summed E-state index contributed by atoms with van der Waals surface area (Å²) in [6.45, 7) is 2.89. The van der Waals surface area contributed by atoms with Gasteiger partial charge in [0, 0.05) is 24.4 Å². The highest BCUT2D eigenvalue weighted by molar-refractivity contribution is 9.10. The summed E-state index contributed by atoms with van der Waals surface area (Å²) >= 11 is 3.33. The number of carbonyl (C=O) groups excluding carboxylic acids is 1. The average Bonchev–Trinajstić information content (AvgIpc) is 3.12. The Hall–Kier alpha value is -3.20. The lowest BCUT2D eigenvalue weighted by Gasteiger charge is -2.09. The predicted octanol–water partition coefficient (Wildman–Crippen LogP) is 3.87. The molecule has 0 saturated heterocycles. The number of rotatable bonds is 8. The number of nitro groups is 1. The minimum absolute atomic E-state index is 0.0795. The summed E-state index contributed by atoms with van der Waals surface area (Å²) in [5, 5.41) is 18.2. The summed E-state index contributed by atoms with van der Waals surface area (Å²) in [5.41, 5.74) is 1.93. The molecule has 0 saturated carbocycles. The maximum absolute atomic E-state index is 12.4. The van der Waals surface area contributed by atoms with Crippen LogP contribution in [-0.4, -0.2) is 27.2 Å². The van der Waals surface area contributed by atoms with E-state index in [9.17, 15) is 14.9 Å².